The number of halogens is 1. The standard InChI is InChI=1S/C23H27ClO4/c1-22(2)9-15(25)20(16(26)10-22)19(13-6-5-7-14(24)8-13)21-17(27)11-23(3,4)12-18(21)28/h5-8,19-20,27H,9-12H2,1-4H3/t19-/m0/s1. The van der Waals surface area contributed by atoms with Gasteiger partial charge in [0.1, 0.15) is 17.3 Å². The molecule has 1 aromatic rings. The predicted octanol–water partition coefficient (Wildman–Crippen LogP) is 5.20. The lowest BCUT2D eigenvalue weighted by atomic mass is 9.62. The van der Waals surface area contributed by atoms with Gasteiger partial charge in [-0.15, -0.1) is 0 Å². The van der Waals surface area contributed by atoms with Crippen molar-refractivity contribution in [2.24, 2.45) is 16.7 Å². The van der Waals surface area contributed by atoms with E-state index in [1.54, 1.807) is 24.3 Å². The summed E-state index contributed by atoms with van der Waals surface area (Å²) in [5, 5.41) is 11.2. The predicted molar refractivity (Wildman–Crippen MR) is 108 cm³/mol. The van der Waals surface area contributed by atoms with Crippen LogP contribution in [-0.4, -0.2) is 22.5 Å². The Balaban J connectivity index is 2.16. The van der Waals surface area contributed by atoms with Gasteiger partial charge in [0.2, 0.25) is 0 Å². The molecular formula is C23H27ClO4. The maximum Gasteiger partial charge on any atom is 0.163 e. The first-order valence-electron chi connectivity index (χ1n) is 9.66. The second-order valence-electron chi connectivity index (χ2n) is 9.76. The van der Waals surface area contributed by atoms with E-state index in [4.69, 9.17) is 11.6 Å². The fraction of sp³-hybridized carbons (Fsp3) is 0.522. The van der Waals surface area contributed by atoms with Crippen molar-refractivity contribution in [3.05, 3.63) is 46.2 Å². The van der Waals surface area contributed by atoms with E-state index < -0.39 is 17.3 Å². The number of carbonyl (C=O) groups is 3. The molecule has 0 unspecified atom stereocenters. The molecule has 4 nitrogen and oxygen atoms in total. The van der Waals surface area contributed by atoms with Crippen molar-refractivity contribution in [3.8, 4) is 0 Å². The Morgan fingerprint density at radius 3 is 2.07 bits per heavy atom. The lowest BCUT2D eigenvalue weighted by molar-refractivity contribution is -0.140. The van der Waals surface area contributed by atoms with Crippen molar-refractivity contribution in [1.82, 2.24) is 0 Å². The van der Waals surface area contributed by atoms with Crippen molar-refractivity contribution in [2.45, 2.75) is 59.3 Å². The molecule has 1 aromatic carbocycles. The van der Waals surface area contributed by atoms with Crippen molar-refractivity contribution >= 4 is 29.0 Å². The zero-order chi connectivity index (χ0) is 20.9. The smallest absolute Gasteiger partial charge is 0.163 e. The first-order chi connectivity index (χ1) is 12.9. The number of carbonyl (C=O) groups excluding carboxylic acids is 3. The molecule has 1 N–H and O–H groups in total. The maximum atomic E-state index is 13.0. The molecule has 1 saturated carbocycles. The number of ketones is 3. The Kier molecular flexibility index (Phi) is 5.30. The third-order valence-corrected chi connectivity index (χ3v) is 5.98. The van der Waals surface area contributed by atoms with Gasteiger partial charge in [0, 0.05) is 42.2 Å². The fourth-order valence-corrected chi connectivity index (χ4v) is 4.86. The van der Waals surface area contributed by atoms with E-state index >= 15 is 0 Å². The van der Waals surface area contributed by atoms with Crippen molar-refractivity contribution in [3.63, 3.8) is 0 Å². The van der Waals surface area contributed by atoms with Gasteiger partial charge >= 0.3 is 0 Å². The lowest BCUT2D eigenvalue weighted by Gasteiger charge is -2.39. The molecule has 1 atom stereocenters. The van der Waals surface area contributed by atoms with Crippen molar-refractivity contribution in [2.75, 3.05) is 0 Å². The summed E-state index contributed by atoms with van der Waals surface area (Å²) < 4.78 is 0. The van der Waals surface area contributed by atoms with Crippen LogP contribution in [0.5, 0.6) is 0 Å². The summed E-state index contributed by atoms with van der Waals surface area (Å²) in [7, 11) is 0. The number of hydrogen-bond donors (Lipinski definition) is 1. The fourth-order valence-electron chi connectivity index (χ4n) is 4.66. The van der Waals surface area contributed by atoms with Crippen LogP contribution < -0.4 is 0 Å². The topological polar surface area (TPSA) is 71.4 Å². The van der Waals surface area contributed by atoms with E-state index in [1.165, 1.54) is 0 Å². The number of benzene rings is 1. The Morgan fingerprint density at radius 1 is 0.964 bits per heavy atom. The number of Topliss-reactive ketones (excluding diaryl/α,β-unsaturated/α-hetero) is 3. The summed E-state index contributed by atoms with van der Waals surface area (Å²) in [6.07, 6.45) is 1.15. The molecule has 0 aliphatic heterocycles. The Hall–Kier alpha value is -1.94. The molecule has 0 bridgehead atoms. The molecule has 2 aliphatic carbocycles. The van der Waals surface area contributed by atoms with Crippen LogP contribution in [0.2, 0.25) is 5.02 Å². The molecule has 2 aliphatic rings. The second kappa shape index (κ2) is 7.14. The maximum absolute atomic E-state index is 13.0. The van der Waals surface area contributed by atoms with Gasteiger partial charge < -0.3 is 5.11 Å². The highest BCUT2D eigenvalue weighted by Gasteiger charge is 2.48. The molecule has 0 heterocycles. The molecule has 0 amide bonds. The molecule has 3 rings (SSSR count). The molecule has 0 aromatic heterocycles. The number of allylic oxidation sites excluding steroid dienone is 2. The summed E-state index contributed by atoms with van der Waals surface area (Å²) in [5.41, 5.74) is 0.0755. The molecule has 150 valence electrons. The molecule has 1 fully saturated rings. The van der Waals surface area contributed by atoms with Crippen LogP contribution in [-0.2, 0) is 14.4 Å². The number of aliphatic hydroxyl groups is 1. The largest absolute Gasteiger partial charge is 0.512 e. The number of hydrogen-bond acceptors (Lipinski definition) is 4. The summed E-state index contributed by atoms with van der Waals surface area (Å²) in [5.74, 6) is -2.33. The third kappa shape index (κ3) is 4.07. The highest BCUT2D eigenvalue weighted by molar-refractivity contribution is 6.30. The highest BCUT2D eigenvalue weighted by Crippen LogP contribution is 2.47. The lowest BCUT2D eigenvalue weighted by Crippen LogP contribution is -2.43. The monoisotopic (exact) mass is 402 g/mol. The first kappa shape index (κ1) is 20.8. The van der Waals surface area contributed by atoms with Crippen LogP contribution in [0.25, 0.3) is 0 Å². The zero-order valence-corrected chi connectivity index (χ0v) is 17.6. The summed E-state index contributed by atoms with van der Waals surface area (Å²) in [6, 6.07) is 6.89. The molecule has 0 spiro atoms. The van der Waals surface area contributed by atoms with Crippen LogP contribution >= 0.6 is 11.6 Å². The molecule has 28 heavy (non-hydrogen) atoms. The first-order valence-corrected chi connectivity index (χ1v) is 10.0. The van der Waals surface area contributed by atoms with Crippen LogP contribution in [0.4, 0.5) is 0 Å². The van der Waals surface area contributed by atoms with E-state index in [2.05, 4.69) is 0 Å². The zero-order valence-electron chi connectivity index (χ0n) is 16.8. The minimum Gasteiger partial charge on any atom is -0.512 e. The van der Waals surface area contributed by atoms with Gasteiger partial charge in [-0.05, 0) is 28.5 Å². The van der Waals surface area contributed by atoms with Crippen LogP contribution in [0.1, 0.15) is 64.9 Å². The summed E-state index contributed by atoms with van der Waals surface area (Å²) in [6.45, 7) is 7.65. The summed E-state index contributed by atoms with van der Waals surface area (Å²) >= 11 is 6.17. The van der Waals surface area contributed by atoms with Gasteiger partial charge in [0.15, 0.2) is 5.78 Å². The normalized spacial score (nSPS) is 23.8. The Morgan fingerprint density at radius 2 is 1.54 bits per heavy atom. The van der Waals surface area contributed by atoms with Gasteiger partial charge in [0.05, 0.1) is 5.92 Å². The van der Waals surface area contributed by atoms with E-state index in [1.807, 2.05) is 27.7 Å². The number of rotatable bonds is 3. The van der Waals surface area contributed by atoms with Crippen LogP contribution in [0, 0.1) is 16.7 Å². The van der Waals surface area contributed by atoms with Crippen molar-refractivity contribution < 1.29 is 19.5 Å². The van der Waals surface area contributed by atoms with Gasteiger partial charge in [0.25, 0.3) is 0 Å². The quantitative estimate of drug-likeness (QED) is 0.705. The summed E-state index contributed by atoms with van der Waals surface area (Å²) in [4.78, 5) is 39.1. The molecule has 0 radical (unpaired) electrons. The van der Waals surface area contributed by atoms with E-state index in [-0.39, 0.29) is 53.4 Å². The van der Waals surface area contributed by atoms with Crippen LogP contribution in [0.3, 0.4) is 0 Å². The highest BCUT2D eigenvalue weighted by atomic mass is 35.5. The minimum absolute atomic E-state index is 0.0170. The van der Waals surface area contributed by atoms with Gasteiger partial charge in [-0.3, -0.25) is 14.4 Å². The average Bonchev–Trinajstić information content (AvgIpc) is 2.49. The molecule has 0 saturated heterocycles. The number of aliphatic hydroxyl groups excluding tert-OH is 1. The Labute approximate surface area is 171 Å². The van der Waals surface area contributed by atoms with Crippen LogP contribution in [0.15, 0.2) is 35.6 Å². The SMILES string of the molecule is CC1(C)CC(=O)C([C@@H](C2=C(O)CC(C)(C)CC2=O)c2cccc(Cl)c2)C(=O)C1. The van der Waals surface area contributed by atoms with Gasteiger partial charge in [-0.2, -0.15) is 0 Å². The van der Waals surface area contributed by atoms with Crippen molar-refractivity contribution in [1.29, 1.82) is 0 Å². The second-order valence-corrected chi connectivity index (χ2v) is 10.2. The molecule has 5 heteroatoms. The van der Waals surface area contributed by atoms with E-state index in [0.717, 1.165) is 0 Å². The molecular weight excluding hydrogens is 376 g/mol. The van der Waals surface area contributed by atoms with E-state index in [9.17, 15) is 19.5 Å². The Bertz CT molecular complexity index is 858. The minimum atomic E-state index is -0.964. The average molecular weight is 403 g/mol. The van der Waals surface area contributed by atoms with Gasteiger partial charge in [-0.25, -0.2) is 0 Å². The third-order valence-electron chi connectivity index (χ3n) is 5.75. The van der Waals surface area contributed by atoms with Gasteiger partial charge in [-0.1, -0.05) is 51.4 Å². The van der Waals surface area contributed by atoms with E-state index in [0.29, 0.717) is 17.0 Å².